The summed E-state index contributed by atoms with van der Waals surface area (Å²) in [7, 11) is 0. The van der Waals surface area contributed by atoms with Crippen molar-refractivity contribution in [1.29, 1.82) is 0 Å². The molecule has 4 rings (SSSR count). The third kappa shape index (κ3) is 1.63. The van der Waals surface area contributed by atoms with E-state index in [0.717, 1.165) is 5.02 Å². The van der Waals surface area contributed by atoms with E-state index in [1.807, 2.05) is 6.07 Å². The monoisotopic (exact) mass is 292 g/mol. The molecule has 0 bridgehead atoms. The molecule has 0 spiro atoms. The van der Waals surface area contributed by atoms with Crippen molar-refractivity contribution in [3.63, 3.8) is 0 Å². The van der Waals surface area contributed by atoms with Gasteiger partial charge in [-0.15, -0.1) is 0 Å². The largest absolute Gasteiger partial charge is 0.0843 e. The number of benzene rings is 3. The Labute approximate surface area is 130 Å². The lowest BCUT2D eigenvalue weighted by molar-refractivity contribution is 0.660. The smallest absolute Gasteiger partial charge is 0.0409 e. The molecule has 0 saturated heterocycles. The third-order valence-electron chi connectivity index (χ3n) is 4.85. The lowest BCUT2D eigenvalue weighted by atomic mass is 9.81. The van der Waals surface area contributed by atoms with E-state index in [0.29, 0.717) is 0 Å². The van der Waals surface area contributed by atoms with Crippen molar-refractivity contribution in [1.82, 2.24) is 0 Å². The summed E-state index contributed by atoms with van der Waals surface area (Å²) in [4.78, 5) is 0. The van der Waals surface area contributed by atoms with E-state index >= 15 is 0 Å². The molecule has 0 N–H and O–H groups in total. The fourth-order valence-electron chi connectivity index (χ4n) is 3.74. The average molecular weight is 293 g/mol. The zero-order chi connectivity index (χ0) is 14.8. The fraction of sp³-hybridized carbons (Fsp3) is 0.200. The Morgan fingerprint density at radius 3 is 2.33 bits per heavy atom. The average Bonchev–Trinajstić information content (AvgIpc) is 2.68. The van der Waals surface area contributed by atoms with Crippen molar-refractivity contribution in [3.8, 4) is 11.1 Å². The highest BCUT2D eigenvalue weighted by Gasteiger charge is 2.36. The van der Waals surface area contributed by atoms with Crippen LogP contribution in [0.1, 0.15) is 30.5 Å². The van der Waals surface area contributed by atoms with Crippen molar-refractivity contribution in [2.75, 3.05) is 0 Å². The second-order valence-corrected chi connectivity index (χ2v) is 6.91. The van der Waals surface area contributed by atoms with E-state index in [4.69, 9.17) is 11.6 Å². The van der Waals surface area contributed by atoms with Crippen LogP contribution in [-0.4, -0.2) is 0 Å². The lowest BCUT2D eigenvalue weighted by Crippen LogP contribution is -2.15. The van der Waals surface area contributed by atoms with Gasteiger partial charge in [0.05, 0.1) is 0 Å². The minimum Gasteiger partial charge on any atom is -0.0843 e. The first-order valence-electron chi connectivity index (χ1n) is 7.33. The summed E-state index contributed by atoms with van der Waals surface area (Å²) in [5.74, 6) is 0. The van der Waals surface area contributed by atoms with Gasteiger partial charge in [0.25, 0.3) is 0 Å². The van der Waals surface area contributed by atoms with E-state index in [1.165, 1.54) is 38.6 Å². The van der Waals surface area contributed by atoms with Crippen molar-refractivity contribution in [2.45, 2.75) is 26.2 Å². The molecule has 0 saturated carbocycles. The molecule has 0 nitrogen and oxygen atoms in total. The number of halogens is 1. The molecule has 0 fully saturated rings. The maximum atomic E-state index is 6.24. The van der Waals surface area contributed by atoms with Gasteiger partial charge in [0.1, 0.15) is 0 Å². The summed E-state index contributed by atoms with van der Waals surface area (Å²) in [6.45, 7) is 6.79. The van der Waals surface area contributed by atoms with Gasteiger partial charge in [-0.3, -0.25) is 0 Å². The predicted molar refractivity (Wildman–Crippen MR) is 91.3 cm³/mol. The van der Waals surface area contributed by atoms with E-state index in [-0.39, 0.29) is 5.41 Å². The Hall–Kier alpha value is -1.79. The number of hydrogen-bond donors (Lipinski definition) is 0. The molecule has 1 aliphatic carbocycles. The van der Waals surface area contributed by atoms with E-state index in [1.54, 1.807) is 0 Å². The van der Waals surface area contributed by atoms with Gasteiger partial charge in [-0.1, -0.05) is 61.8 Å². The molecule has 0 unspecified atom stereocenters. The SMILES string of the molecule is Cc1cc2c(c3ccccc13)-c1ccc(Cl)cc1C2(C)C. The Bertz CT molecular complexity index is 888. The number of fused-ring (bicyclic) bond motifs is 5. The molecule has 104 valence electrons. The van der Waals surface area contributed by atoms with Gasteiger partial charge in [-0.2, -0.15) is 0 Å². The molecule has 1 heteroatoms. The van der Waals surface area contributed by atoms with Crippen LogP contribution in [0.5, 0.6) is 0 Å². The highest BCUT2D eigenvalue weighted by atomic mass is 35.5. The highest BCUT2D eigenvalue weighted by Crippen LogP contribution is 2.52. The van der Waals surface area contributed by atoms with Crippen molar-refractivity contribution >= 4 is 22.4 Å². The van der Waals surface area contributed by atoms with Crippen LogP contribution in [0.4, 0.5) is 0 Å². The van der Waals surface area contributed by atoms with Gasteiger partial charge < -0.3 is 0 Å². The summed E-state index contributed by atoms with van der Waals surface area (Å²) in [6.07, 6.45) is 0. The molecular weight excluding hydrogens is 276 g/mol. The maximum Gasteiger partial charge on any atom is 0.0409 e. The van der Waals surface area contributed by atoms with Crippen LogP contribution >= 0.6 is 11.6 Å². The third-order valence-corrected chi connectivity index (χ3v) is 5.08. The molecular formula is C20H17Cl. The van der Waals surface area contributed by atoms with Crippen LogP contribution in [0, 0.1) is 6.92 Å². The van der Waals surface area contributed by atoms with Crippen LogP contribution in [0.3, 0.4) is 0 Å². The van der Waals surface area contributed by atoms with Gasteiger partial charge in [0, 0.05) is 10.4 Å². The maximum absolute atomic E-state index is 6.24. The quantitative estimate of drug-likeness (QED) is 0.469. The summed E-state index contributed by atoms with van der Waals surface area (Å²) in [5.41, 5.74) is 6.81. The van der Waals surface area contributed by atoms with Gasteiger partial charge in [0.15, 0.2) is 0 Å². The first kappa shape index (κ1) is 12.9. The molecule has 0 aliphatic heterocycles. The number of aryl methyl sites for hydroxylation is 1. The fourth-order valence-corrected chi connectivity index (χ4v) is 3.91. The van der Waals surface area contributed by atoms with Crippen molar-refractivity contribution in [3.05, 3.63) is 70.2 Å². The summed E-state index contributed by atoms with van der Waals surface area (Å²) in [5, 5.41) is 3.51. The zero-order valence-electron chi connectivity index (χ0n) is 12.5. The van der Waals surface area contributed by atoms with Gasteiger partial charge >= 0.3 is 0 Å². The number of rotatable bonds is 0. The lowest BCUT2D eigenvalue weighted by Gasteiger charge is -2.22. The Morgan fingerprint density at radius 1 is 0.857 bits per heavy atom. The first-order chi connectivity index (χ1) is 10.00. The number of hydrogen-bond acceptors (Lipinski definition) is 0. The molecule has 3 aromatic carbocycles. The first-order valence-corrected chi connectivity index (χ1v) is 7.71. The minimum absolute atomic E-state index is 0.00432. The molecule has 1 aliphatic rings. The van der Waals surface area contributed by atoms with Crippen molar-refractivity contribution < 1.29 is 0 Å². The summed E-state index contributed by atoms with van der Waals surface area (Å²) >= 11 is 6.24. The van der Waals surface area contributed by atoms with Gasteiger partial charge in [-0.05, 0) is 57.6 Å². The van der Waals surface area contributed by atoms with Gasteiger partial charge in [0.2, 0.25) is 0 Å². The zero-order valence-corrected chi connectivity index (χ0v) is 13.3. The standard InChI is InChI=1S/C20H17Cl/c1-12-10-18-19(15-7-5-4-6-14(12)15)16-9-8-13(21)11-17(16)20(18,2)3/h4-11H,1-3H3. The van der Waals surface area contributed by atoms with Gasteiger partial charge in [-0.25, -0.2) is 0 Å². The van der Waals surface area contributed by atoms with Crippen LogP contribution in [0.2, 0.25) is 5.02 Å². The highest BCUT2D eigenvalue weighted by molar-refractivity contribution is 6.30. The minimum atomic E-state index is 0.00432. The normalized spacial score (nSPS) is 15.0. The van der Waals surface area contributed by atoms with E-state index in [2.05, 4.69) is 63.2 Å². The van der Waals surface area contributed by atoms with Crippen LogP contribution < -0.4 is 0 Å². The van der Waals surface area contributed by atoms with Crippen LogP contribution in [0.25, 0.3) is 21.9 Å². The topological polar surface area (TPSA) is 0 Å². The van der Waals surface area contributed by atoms with E-state index < -0.39 is 0 Å². The van der Waals surface area contributed by atoms with Crippen molar-refractivity contribution in [2.24, 2.45) is 0 Å². The predicted octanol–water partition coefficient (Wildman–Crippen LogP) is 6.11. The second-order valence-electron chi connectivity index (χ2n) is 6.48. The Balaban J connectivity index is 2.22. The van der Waals surface area contributed by atoms with Crippen LogP contribution in [0.15, 0.2) is 48.5 Å². The van der Waals surface area contributed by atoms with Crippen LogP contribution in [-0.2, 0) is 5.41 Å². The Morgan fingerprint density at radius 2 is 1.57 bits per heavy atom. The molecule has 21 heavy (non-hydrogen) atoms. The Kier molecular flexibility index (Phi) is 2.53. The molecule has 0 radical (unpaired) electrons. The molecule has 0 heterocycles. The molecule has 3 aromatic rings. The molecule has 0 aromatic heterocycles. The molecule has 0 amide bonds. The summed E-state index contributed by atoms with van der Waals surface area (Å²) in [6, 6.07) is 17.3. The van der Waals surface area contributed by atoms with E-state index in [9.17, 15) is 0 Å². The second kappa shape index (κ2) is 4.11. The molecule has 0 atom stereocenters. The summed E-state index contributed by atoms with van der Waals surface area (Å²) < 4.78 is 0.